The molecule has 0 aliphatic rings. The SMILES string of the molecule is CNS(=O)(=O)c1ccc(C(=O)Nc2ccc(OC(F)F)cc2)cc1. The van der Waals surface area contributed by atoms with Gasteiger partial charge in [-0.2, -0.15) is 8.78 Å². The van der Waals surface area contributed by atoms with Crippen molar-refractivity contribution in [1.82, 2.24) is 4.72 Å². The van der Waals surface area contributed by atoms with Crippen molar-refractivity contribution in [2.45, 2.75) is 11.5 Å². The number of alkyl halides is 2. The second kappa shape index (κ2) is 7.37. The standard InChI is InChI=1S/C15H14F2N2O4S/c1-18-24(21,22)13-8-2-10(3-9-13)14(20)19-11-4-6-12(7-5-11)23-15(16)17/h2-9,15,18H,1H3,(H,19,20). The highest BCUT2D eigenvalue weighted by Crippen LogP contribution is 2.18. The number of sulfonamides is 1. The van der Waals surface area contributed by atoms with Crippen LogP contribution < -0.4 is 14.8 Å². The molecule has 2 rings (SSSR count). The van der Waals surface area contributed by atoms with E-state index in [4.69, 9.17) is 0 Å². The fourth-order valence-corrected chi connectivity index (χ4v) is 2.56. The maximum Gasteiger partial charge on any atom is 0.387 e. The normalized spacial score (nSPS) is 11.3. The highest BCUT2D eigenvalue weighted by Gasteiger charge is 2.13. The Balaban J connectivity index is 2.07. The zero-order valence-electron chi connectivity index (χ0n) is 12.5. The van der Waals surface area contributed by atoms with Crippen LogP contribution in [-0.4, -0.2) is 28.0 Å². The maximum atomic E-state index is 12.1. The number of benzene rings is 2. The van der Waals surface area contributed by atoms with Gasteiger partial charge in [-0.15, -0.1) is 0 Å². The van der Waals surface area contributed by atoms with Crippen molar-refractivity contribution < 1.29 is 26.7 Å². The van der Waals surface area contributed by atoms with E-state index in [1.165, 1.54) is 55.6 Å². The summed E-state index contributed by atoms with van der Waals surface area (Å²) in [6.45, 7) is -2.92. The van der Waals surface area contributed by atoms with E-state index in [1.54, 1.807) is 0 Å². The van der Waals surface area contributed by atoms with Crippen molar-refractivity contribution in [2.24, 2.45) is 0 Å². The molecule has 0 saturated carbocycles. The lowest BCUT2D eigenvalue weighted by atomic mass is 10.2. The van der Waals surface area contributed by atoms with Gasteiger partial charge in [0.2, 0.25) is 10.0 Å². The fourth-order valence-electron chi connectivity index (χ4n) is 1.83. The van der Waals surface area contributed by atoms with Crippen LogP contribution in [0.1, 0.15) is 10.4 Å². The first-order valence-electron chi connectivity index (χ1n) is 6.71. The molecule has 0 radical (unpaired) electrons. The second-order valence-corrected chi connectivity index (χ2v) is 6.48. The molecule has 0 saturated heterocycles. The predicted octanol–water partition coefficient (Wildman–Crippen LogP) is 2.45. The van der Waals surface area contributed by atoms with Crippen LogP contribution in [0.25, 0.3) is 0 Å². The van der Waals surface area contributed by atoms with Crippen LogP contribution in [0.3, 0.4) is 0 Å². The molecule has 0 aliphatic carbocycles. The lowest BCUT2D eigenvalue weighted by Crippen LogP contribution is -2.19. The van der Waals surface area contributed by atoms with Crippen molar-refractivity contribution in [3.8, 4) is 5.75 Å². The first kappa shape index (κ1) is 17.8. The third-order valence-corrected chi connectivity index (χ3v) is 4.46. The minimum atomic E-state index is -3.57. The summed E-state index contributed by atoms with van der Waals surface area (Å²) in [6, 6.07) is 10.8. The number of carbonyl (C=O) groups excluding carboxylic acids is 1. The van der Waals surface area contributed by atoms with Crippen LogP contribution in [0.2, 0.25) is 0 Å². The monoisotopic (exact) mass is 356 g/mol. The highest BCUT2D eigenvalue weighted by atomic mass is 32.2. The van der Waals surface area contributed by atoms with Crippen molar-refractivity contribution in [3.05, 3.63) is 54.1 Å². The lowest BCUT2D eigenvalue weighted by Gasteiger charge is -2.08. The van der Waals surface area contributed by atoms with Gasteiger partial charge in [-0.05, 0) is 55.6 Å². The number of anilines is 1. The molecule has 0 bridgehead atoms. The van der Waals surface area contributed by atoms with E-state index in [1.807, 2.05) is 0 Å². The smallest absolute Gasteiger partial charge is 0.387 e. The van der Waals surface area contributed by atoms with Crippen molar-refractivity contribution in [3.63, 3.8) is 0 Å². The van der Waals surface area contributed by atoms with Crippen LogP contribution in [0.5, 0.6) is 5.75 Å². The van der Waals surface area contributed by atoms with Gasteiger partial charge in [-0.3, -0.25) is 4.79 Å². The third-order valence-electron chi connectivity index (χ3n) is 3.03. The predicted molar refractivity (Wildman–Crippen MR) is 83.7 cm³/mol. The minimum absolute atomic E-state index is 0.0235. The van der Waals surface area contributed by atoms with Crippen LogP contribution in [-0.2, 0) is 10.0 Å². The molecule has 0 spiro atoms. The Hall–Kier alpha value is -2.52. The molecule has 2 aromatic rings. The molecule has 0 aliphatic heterocycles. The van der Waals surface area contributed by atoms with E-state index >= 15 is 0 Å². The number of rotatable bonds is 6. The van der Waals surface area contributed by atoms with E-state index < -0.39 is 22.5 Å². The highest BCUT2D eigenvalue weighted by molar-refractivity contribution is 7.89. The van der Waals surface area contributed by atoms with Crippen LogP contribution >= 0.6 is 0 Å². The van der Waals surface area contributed by atoms with Gasteiger partial charge in [-0.25, -0.2) is 13.1 Å². The van der Waals surface area contributed by atoms with Gasteiger partial charge in [0.25, 0.3) is 5.91 Å². The van der Waals surface area contributed by atoms with E-state index in [0.717, 1.165) is 0 Å². The first-order valence-corrected chi connectivity index (χ1v) is 8.20. The molecular weight excluding hydrogens is 342 g/mol. The van der Waals surface area contributed by atoms with Crippen LogP contribution in [0.4, 0.5) is 14.5 Å². The number of carbonyl (C=O) groups is 1. The van der Waals surface area contributed by atoms with Gasteiger partial charge in [0, 0.05) is 11.3 Å². The summed E-state index contributed by atoms with van der Waals surface area (Å²) in [4.78, 5) is 12.1. The molecule has 6 nitrogen and oxygen atoms in total. The number of hydrogen-bond acceptors (Lipinski definition) is 4. The molecule has 9 heteroatoms. The third kappa shape index (κ3) is 4.49. The van der Waals surface area contributed by atoms with E-state index in [0.29, 0.717) is 5.69 Å². The number of hydrogen-bond donors (Lipinski definition) is 2. The second-order valence-electron chi connectivity index (χ2n) is 4.59. The summed E-state index contributed by atoms with van der Waals surface area (Å²) in [7, 11) is -2.28. The van der Waals surface area contributed by atoms with E-state index in [9.17, 15) is 22.0 Å². The van der Waals surface area contributed by atoms with Crippen LogP contribution in [0.15, 0.2) is 53.4 Å². The van der Waals surface area contributed by atoms with Crippen molar-refractivity contribution in [2.75, 3.05) is 12.4 Å². The van der Waals surface area contributed by atoms with Crippen molar-refractivity contribution in [1.29, 1.82) is 0 Å². The summed E-state index contributed by atoms with van der Waals surface area (Å²) in [5.74, 6) is -0.490. The van der Waals surface area contributed by atoms with Gasteiger partial charge in [0.1, 0.15) is 5.75 Å². The summed E-state index contributed by atoms with van der Waals surface area (Å²) in [6.07, 6.45) is 0. The molecule has 2 N–H and O–H groups in total. The average Bonchev–Trinajstić information content (AvgIpc) is 2.56. The summed E-state index contributed by atoms with van der Waals surface area (Å²) in [5.41, 5.74) is 0.631. The molecule has 24 heavy (non-hydrogen) atoms. The van der Waals surface area contributed by atoms with Gasteiger partial charge >= 0.3 is 6.61 Å². The minimum Gasteiger partial charge on any atom is -0.435 e. The van der Waals surface area contributed by atoms with Gasteiger partial charge in [0.05, 0.1) is 4.90 Å². The van der Waals surface area contributed by atoms with E-state index in [2.05, 4.69) is 14.8 Å². The zero-order chi connectivity index (χ0) is 17.7. The Kier molecular flexibility index (Phi) is 5.47. The Morgan fingerprint density at radius 1 is 1.04 bits per heavy atom. The van der Waals surface area contributed by atoms with Gasteiger partial charge in [-0.1, -0.05) is 0 Å². The number of halogens is 2. The topological polar surface area (TPSA) is 84.5 Å². The molecule has 0 unspecified atom stereocenters. The quantitative estimate of drug-likeness (QED) is 0.833. The fraction of sp³-hybridized carbons (Fsp3) is 0.133. The van der Waals surface area contributed by atoms with E-state index in [-0.39, 0.29) is 16.2 Å². The zero-order valence-corrected chi connectivity index (χ0v) is 13.3. The Morgan fingerprint density at radius 3 is 2.12 bits per heavy atom. The molecule has 128 valence electrons. The summed E-state index contributed by atoms with van der Waals surface area (Å²) >= 11 is 0. The summed E-state index contributed by atoms with van der Waals surface area (Å²) < 4.78 is 53.7. The largest absolute Gasteiger partial charge is 0.435 e. The molecule has 0 heterocycles. The Bertz CT molecular complexity index is 806. The lowest BCUT2D eigenvalue weighted by molar-refractivity contribution is -0.0498. The number of amides is 1. The number of ether oxygens (including phenoxy) is 1. The first-order chi connectivity index (χ1) is 11.3. The maximum absolute atomic E-state index is 12.1. The molecule has 2 aromatic carbocycles. The molecule has 1 amide bonds. The van der Waals surface area contributed by atoms with Gasteiger partial charge < -0.3 is 10.1 Å². The van der Waals surface area contributed by atoms with Crippen molar-refractivity contribution >= 4 is 21.6 Å². The average molecular weight is 356 g/mol. The molecule has 0 fully saturated rings. The summed E-state index contributed by atoms with van der Waals surface area (Å²) in [5, 5.41) is 2.56. The number of nitrogens with one attached hydrogen (secondary N) is 2. The van der Waals surface area contributed by atoms with Gasteiger partial charge in [0.15, 0.2) is 0 Å². The molecule has 0 atom stereocenters. The molecular formula is C15H14F2N2O4S. The molecule has 0 aromatic heterocycles. The van der Waals surface area contributed by atoms with Crippen LogP contribution in [0, 0.1) is 0 Å². The Labute approximate surface area is 137 Å². The Morgan fingerprint density at radius 2 is 1.62 bits per heavy atom.